The van der Waals surface area contributed by atoms with Crippen LogP contribution in [0.15, 0.2) is 28.8 Å². The number of hydrogen-bond donors (Lipinski definition) is 0. The molecule has 4 rings (SSSR count). The summed E-state index contributed by atoms with van der Waals surface area (Å²) in [7, 11) is 0. The molecule has 1 unspecified atom stereocenters. The van der Waals surface area contributed by atoms with E-state index in [4.69, 9.17) is 4.52 Å². The van der Waals surface area contributed by atoms with E-state index in [0.717, 1.165) is 44.6 Å². The van der Waals surface area contributed by atoms with Gasteiger partial charge in [-0.05, 0) is 26.7 Å². The predicted molar refractivity (Wildman–Crippen MR) is 103 cm³/mol. The van der Waals surface area contributed by atoms with E-state index in [1.165, 1.54) is 18.4 Å². The summed E-state index contributed by atoms with van der Waals surface area (Å²) in [6, 6.07) is 8.19. The zero-order valence-electron chi connectivity index (χ0n) is 16.2. The largest absolute Gasteiger partial charge is 0.340 e. The van der Waals surface area contributed by atoms with Gasteiger partial charge in [0.05, 0.1) is 6.04 Å². The Morgan fingerprint density at radius 2 is 1.78 bits per heavy atom. The molecule has 0 radical (unpaired) electrons. The van der Waals surface area contributed by atoms with Crippen LogP contribution in [-0.2, 0) is 4.79 Å². The summed E-state index contributed by atoms with van der Waals surface area (Å²) < 4.78 is 5.54. The average molecular weight is 368 g/mol. The van der Waals surface area contributed by atoms with Crippen LogP contribution in [0.25, 0.3) is 11.4 Å². The number of carbonyl (C=O) groups excluding carboxylic acids is 1. The summed E-state index contributed by atoms with van der Waals surface area (Å²) in [6.45, 7) is 7.44. The molecule has 0 N–H and O–H groups in total. The highest BCUT2D eigenvalue weighted by molar-refractivity contribution is 5.79. The van der Waals surface area contributed by atoms with Crippen molar-refractivity contribution in [1.29, 1.82) is 0 Å². The molecule has 1 aromatic heterocycles. The zero-order valence-corrected chi connectivity index (χ0v) is 16.2. The minimum absolute atomic E-state index is 0.0560. The molecule has 2 aliphatic rings. The molecule has 27 heavy (non-hydrogen) atoms. The van der Waals surface area contributed by atoms with Crippen LogP contribution < -0.4 is 0 Å². The SMILES string of the molecule is Cc1ccc(-c2noc(C(C)N3CCN(C(=O)C4CCCC4)CC3)n2)cc1. The Kier molecular flexibility index (Phi) is 5.25. The lowest BCUT2D eigenvalue weighted by Crippen LogP contribution is -2.50. The molecule has 6 nitrogen and oxygen atoms in total. The van der Waals surface area contributed by atoms with Crippen LogP contribution in [0, 0.1) is 12.8 Å². The third kappa shape index (κ3) is 3.90. The van der Waals surface area contributed by atoms with Gasteiger partial charge in [-0.1, -0.05) is 47.8 Å². The second kappa shape index (κ2) is 7.80. The van der Waals surface area contributed by atoms with Gasteiger partial charge in [0.15, 0.2) is 0 Å². The van der Waals surface area contributed by atoms with Gasteiger partial charge >= 0.3 is 0 Å². The molecule has 144 valence electrons. The number of piperazine rings is 1. The number of aryl methyl sites for hydroxylation is 1. The monoisotopic (exact) mass is 368 g/mol. The highest BCUT2D eigenvalue weighted by Crippen LogP contribution is 2.28. The van der Waals surface area contributed by atoms with Crippen molar-refractivity contribution in [3.8, 4) is 11.4 Å². The van der Waals surface area contributed by atoms with Crippen molar-refractivity contribution >= 4 is 5.91 Å². The van der Waals surface area contributed by atoms with Crippen molar-refractivity contribution in [3.63, 3.8) is 0 Å². The molecule has 0 spiro atoms. The summed E-state index contributed by atoms with van der Waals surface area (Å²) in [4.78, 5) is 21.6. The fraction of sp³-hybridized carbons (Fsp3) is 0.571. The number of amides is 1. The van der Waals surface area contributed by atoms with E-state index in [9.17, 15) is 4.79 Å². The highest BCUT2D eigenvalue weighted by atomic mass is 16.5. The van der Waals surface area contributed by atoms with E-state index >= 15 is 0 Å². The summed E-state index contributed by atoms with van der Waals surface area (Å²) in [6.07, 6.45) is 4.54. The van der Waals surface area contributed by atoms with E-state index in [-0.39, 0.29) is 12.0 Å². The Bertz CT molecular complexity index is 772. The van der Waals surface area contributed by atoms with Crippen molar-refractivity contribution in [2.24, 2.45) is 5.92 Å². The summed E-state index contributed by atoms with van der Waals surface area (Å²) in [5.74, 6) is 1.90. The van der Waals surface area contributed by atoms with Gasteiger partial charge < -0.3 is 9.42 Å². The maximum Gasteiger partial charge on any atom is 0.244 e. The molecular formula is C21H28N4O2. The molecule has 6 heteroatoms. The maximum absolute atomic E-state index is 12.6. The van der Waals surface area contributed by atoms with Gasteiger partial charge in [0.1, 0.15) is 0 Å². The maximum atomic E-state index is 12.6. The van der Waals surface area contributed by atoms with Crippen molar-refractivity contribution in [3.05, 3.63) is 35.7 Å². The minimum Gasteiger partial charge on any atom is -0.340 e. The molecule has 1 aliphatic carbocycles. The molecular weight excluding hydrogens is 340 g/mol. The first-order valence-corrected chi connectivity index (χ1v) is 10.1. The van der Waals surface area contributed by atoms with E-state index < -0.39 is 0 Å². The van der Waals surface area contributed by atoms with E-state index in [1.54, 1.807) is 0 Å². The van der Waals surface area contributed by atoms with Gasteiger partial charge in [-0.15, -0.1) is 0 Å². The fourth-order valence-electron chi connectivity index (χ4n) is 4.14. The lowest BCUT2D eigenvalue weighted by atomic mass is 10.1. The van der Waals surface area contributed by atoms with Crippen LogP contribution >= 0.6 is 0 Å². The molecule has 1 saturated heterocycles. The number of aromatic nitrogens is 2. The number of carbonyl (C=O) groups is 1. The Hall–Kier alpha value is -2.21. The van der Waals surface area contributed by atoms with Crippen molar-refractivity contribution in [2.75, 3.05) is 26.2 Å². The van der Waals surface area contributed by atoms with Gasteiger partial charge in [-0.25, -0.2) is 0 Å². The third-order valence-corrected chi connectivity index (χ3v) is 5.99. The minimum atomic E-state index is 0.0560. The first-order valence-electron chi connectivity index (χ1n) is 10.1. The summed E-state index contributed by atoms with van der Waals surface area (Å²) in [5, 5.41) is 4.15. The van der Waals surface area contributed by atoms with Gasteiger partial charge in [0.25, 0.3) is 0 Å². The first-order chi connectivity index (χ1) is 13.1. The van der Waals surface area contributed by atoms with Crippen LogP contribution in [0.5, 0.6) is 0 Å². The molecule has 2 aromatic rings. The number of hydrogen-bond acceptors (Lipinski definition) is 5. The van der Waals surface area contributed by atoms with Gasteiger partial charge in [0, 0.05) is 37.7 Å². The van der Waals surface area contributed by atoms with E-state index in [1.807, 2.05) is 17.0 Å². The quantitative estimate of drug-likeness (QED) is 0.827. The Balaban J connectivity index is 1.36. The van der Waals surface area contributed by atoms with Crippen molar-refractivity contribution in [2.45, 2.75) is 45.6 Å². The van der Waals surface area contributed by atoms with Crippen LogP contribution in [0.4, 0.5) is 0 Å². The lowest BCUT2D eigenvalue weighted by Gasteiger charge is -2.37. The smallest absolute Gasteiger partial charge is 0.244 e. The lowest BCUT2D eigenvalue weighted by molar-refractivity contribution is -0.137. The van der Waals surface area contributed by atoms with Crippen LogP contribution in [0.2, 0.25) is 0 Å². The van der Waals surface area contributed by atoms with Crippen molar-refractivity contribution < 1.29 is 9.32 Å². The second-order valence-corrected chi connectivity index (χ2v) is 7.84. The van der Waals surface area contributed by atoms with Crippen molar-refractivity contribution in [1.82, 2.24) is 19.9 Å². The Morgan fingerprint density at radius 1 is 1.11 bits per heavy atom. The second-order valence-electron chi connectivity index (χ2n) is 7.84. The average Bonchev–Trinajstić information content (AvgIpc) is 3.40. The first kappa shape index (κ1) is 18.2. The molecule has 1 amide bonds. The molecule has 1 atom stereocenters. The topological polar surface area (TPSA) is 62.5 Å². The Labute approximate surface area is 160 Å². The fourth-order valence-corrected chi connectivity index (χ4v) is 4.14. The van der Waals surface area contributed by atoms with E-state index in [2.05, 4.69) is 41.0 Å². The number of rotatable bonds is 4. The van der Waals surface area contributed by atoms with Gasteiger partial charge in [-0.3, -0.25) is 9.69 Å². The molecule has 0 bridgehead atoms. The molecule has 1 aromatic carbocycles. The van der Waals surface area contributed by atoms with Crippen LogP contribution in [-0.4, -0.2) is 52.0 Å². The standard InChI is InChI=1S/C21H28N4O2/c1-15-7-9-17(10-8-15)19-22-20(27-23-19)16(2)24-11-13-25(14-12-24)21(26)18-5-3-4-6-18/h7-10,16,18H,3-6,11-14H2,1-2H3. The van der Waals surface area contributed by atoms with Crippen LogP contribution in [0.1, 0.15) is 50.1 Å². The molecule has 1 saturated carbocycles. The number of benzene rings is 1. The van der Waals surface area contributed by atoms with Gasteiger partial charge in [0.2, 0.25) is 17.6 Å². The Morgan fingerprint density at radius 3 is 2.44 bits per heavy atom. The molecule has 2 fully saturated rings. The zero-order chi connectivity index (χ0) is 18.8. The van der Waals surface area contributed by atoms with Gasteiger partial charge in [-0.2, -0.15) is 4.98 Å². The normalized spacial score (nSPS) is 20.1. The summed E-state index contributed by atoms with van der Waals surface area (Å²) >= 11 is 0. The van der Waals surface area contributed by atoms with Crippen LogP contribution in [0.3, 0.4) is 0 Å². The third-order valence-electron chi connectivity index (χ3n) is 5.99. The predicted octanol–water partition coefficient (Wildman–Crippen LogP) is 3.44. The molecule has 1 aliphatic heterocycles. The number of nitrogens with zero attached hydrogens (tertiary/aromatic N) is 4. The molecule has 2 heterocycles. The highest BCUT2D eigenvalue weighted by Gasteiger charge is 2.31. The summed E-state index contributed by atoms with van der Waals surface area (Å²) in [5.41, 5.74) is 2.18. The van der Waals surface area contributed by atoms with E-state index in [0.29, 0.717) is 17.6 Å².